The Kier molecular flexibility index (Phi) is 3.97. The minimum absolute atomic E-state index is 0.185. The lowest BCUT2D eigenvalue weighted by molar-refractivity contribution is 0.106. The minimum atomic E-state index is -0.239. The van der Waals surface area contributed by atoms with Crippen LogP contribution in [0.15, 0.2) is 18.2 Å². The number of aromatic nitrogens is 1. The maximum Gasteiger partial charge on any atom is 0.128 e. The number of pyridine rings is 1. The summed E-state index contributed by atoms with van der Waals surface area (Å²) in [5.41, 5.74) is 6.48. The number of aliphatic hydroxyl groups excluding tert-OH is 1. The van der Waals surface area contributed by atoms with Gasteiger partial charge in [0.05, 0.1) is 17.8 Å². The Morgan fingerprint density at radius 2 is 2.18 bits per heavy atom. The van der Waals surface area contributed by atoms with Gasteiger partial charge in [0.2, 0.25) is 0 Å². The lowest BCUT2D eigenvalue weighted by Gasteiger charge is -2.36. The van der Waals surface area contributed by atoms with E-state index in [1.165, 1.54) is 6.42 Å². The van der Waals surface area contributed by atoms with Gasteiger partial charge in [0, 0.05) is 13.6 Å². The summed E-state index contributed by atoms with van der Waals surface area (Å²) in [7, 11) is 2.00. The highest BCUT2D eigenvalue weighted by Crippen LogP contribution is 2.25. The second-order valence-corrected chi connectivity index (χ2v) is 4.72. The van der Waals surface area contributed by atoms with Crippen molar-refractivity contribution in [2.45, 2.75) is 44.4 Å². The highest BCUT2D eigenvalue weighted by atomic mass is 16.3. The summed E-state index contributed by atoms with van der Waals surface area (Å²) in [5, 5.41) is 10.0. The van der Waals surface area contributed by atoms with E-state index in [1.54, 1.807) is 0 Å². The van der Waals surface area contributed by atoms with Gasteiger partial charge in [0.1, 0.15) is 5.82 Å². The highest BCUT2D eigenvalue weighted by molar-refractivity contribution is 5.40. The van der Waals surface area contributed by atoms with Crippen molar-refractivity contribution in [3.05, 3.63) is 23.9 Å². The summed E-state index contributed by atoms with van der Waals surface area (Å²) in [4.78, 5) is 6.58. The number of nitrogens with zero attached hydrogens (tertiary/aromatic N) is 2. The van der Waals surface area contributed by atoms with Crippen LogP contribution in [0.2, 0.25) is 0 Å². The summed E-state index contributed by atoms with van der Waals surface area (Å²) in [6.07, 6.45) is 4.00. The molecule has 0 spiro atoms. The molecule has 17 heavy (non-hydrogen) atoms. The first-order valence-corrected chi connectivity index (χ1v) is 6.29. The lowest BCUT2D eigenvalue weighted by Crippen LogP contribution is -2.43. The zero-order valence-corrected chi connectivity index (χ0v) is 10.3. The van der Waals surface area contributed by atoms with Gasteiger partial charge in [0.15, 0.2) is 0 Å². The van der Waals surface area contributed by atoms with Gasteiger partial charge in [0.25, 0.3) is 0 Å². The molecular weight excluding hydrogens is 214 g/mol. The fraction of sp³-hybridized carbons (Fsp3) is 0.615. The van der Waals surface area contributed by atoms with Gasteiger partial charge in [-0.1, -0.05) is 18.9 Å². The van der Waals surface area contributed by atoms with Crippen LogP contribution < -0.4 is 10.6 Å². The van der Waals surface area contributed by atoms with E-state index in [2.05, 4.69) is 9.88 Å². The molecular formula is C13H21N3O. The Labute approximate surface area is 102 Å². The monoisotopic (exact) mass is 235 g/mol. The fourth-order valence-corrected chi connectivity index (χ4v) is 2.49. The molecule has 2 unspecified atom stereocenters. The molecule has 1 aliphatic rings. The van der Waals surface area contributed by atoms with Crippen molar-refractivity contribution in [1.82, 2.24) is 4.98 Å². The van der Waals surface area contributed by atoms with Crippen molar-refractivity contribution in [2.24, 2.45) is 5.73 Å². The quantitative estimate of drug-likeness (QED) is 0.828. The first-order valence-electron chi connectivity index (χ1n) is 6.29. The van der Waals surface area contributed by atoms with Crippen LogP contribution in [0.3, 0.4) is 0 Å². The molecule has 2 rings (SSSR count). The maximum absolute atomic E-state index is 10.0. The molecule has 0 saturated heterocycles. The van der Waals surface area contributed by atoms with E-state index in [4.69, 9.17) is 5.73 Å². The summed E-state index contributed by atoms with van der Waals surface area (Å²) >= 11 is 0. The number of nitrogens with two attached hydrogens (primary N) is 1. The second kappa shape index (κ2) is 5.47. The zero-order valence-electron chi connectivity index (χ0n) is 10.3. The Hall–Kier alpha value is -1.13. The molecule has 1 heterocycles. The van der Waals surface area contributed by atoms with Gasteiger partial charge < -0.3 is 15.7 Å². The van der Waals surface area contributed by atoms with Crippen molar-refractivity contribution < 1.29 is 5.11 Å². The van der Waals surface area contributed by atoms with E-state index in [0.717, 1.165) is 30.8 Å². The predicted molar refractivity (Wildman–Crippen MR) is 68.8 cm³/mol. The maximum atomic E-state index is 10.0. The van der Waals surface area contributed by atoms with Crippen molar-refractivity contribution >= 4 is 5.82 Å². The van der Waals surface area contributed by atoms with E-state index in [1.807, 2.05) is 25.2 Å². The molecule has 1 aromatic heterocycles. The topological polar surface area (TPSA) is 62.4 Å². The number of hydrogen-bond acceptors (Lipinski definition) is 4. The van der Waals surface area contributed by atoms with Crippen molar-refractivity contribution in [1.29, 1.82) is 0 Å². The van der Waals surface area contributed by atoms with E-state index in [9.17, 15) is 5.11 Å². The van der Waals surface area contributed by atoms with Crippen LogP contribution in [-0.4, -0.2) is 29.3 Å². The van der Waals surface area contributed by atoms with Gasteiger partial charge >= 0.3 is 0 Å². The highest BCUT2D eigenvalue weighted by Gasteiger charge is 2.27. The van der Waals surface area contributed by atoms with E-state index in [0.29, 0.717) is 6.54 Å². The van der Waals surface area contributed by atoms with E-state index in [-0.39, 0.29) is 12.1 Å². The Morgan fingerprint density at radius 1 is 1.41 bits per heavy atom. The molecule has 2 atom stereocenters. The van der Waals surface area contributed by atoms with Gasteiger partial charge in [-0.2, -0.15) is 0 Å². The molecule has 4 nitrogen and oxygen atoms in total. The van der Waals surface area contributed by atoms with Crippen LogP contribution in [0.25, 0.3) is 0 Å². The smallest absolute Gasteiger partial charge is 0.128 e. The lowest BCUT2D eigenvalue weighted by atomic mass is 9.91. The first kappa shape index (κ1) is 12.3. The van der Waals surface area contributed by atoms with Crippen LogP contribution in [0.1, 0.15) is 31.4 Å². The Morgan fingerprint density at radius 3 is 2.88 bits per heavy atom. The SMILES string of the molecule is CN(c1cccc(CN)n1)C1CCCCC1O. The molecule has 1 aliphatic carbocycles. The van der Waals surface area contributed by atoms with Crippen LogP contribution >= 0.6 is 0 Å². The van der Waals surface area contributed by atoms with E-state index >= 15 is 0 Å². The number of likely N-dealkylation sites (N-methyl/N-ethyl adjacent to an activating group) is 1. The molecule has 0 aliphatic heterocycles. The third-order valence-corrected chi connectivity index (χ3v) is 3.55. The minimum Gasteiger partial charge on any atom is -0.391 e. The third-order valence-electron chi connectivity index (χ3n) is 3.55. The largest absolute Gasteiger partial charge is 0.391 e. The molecule has 94 valence electrons. The standard InChI is InChI=1S/C13H21N3O/c1-16(11-6-2-3-7-12(11)17)13-8-4-5-10(9-14)15-13/h4-5,8,11-12,17H,2-3,6-7,9,14H2,1H3. The normalized spacial score (nSPS) is 24.6. The van der Waals surface area contributed by atoms with E-state index < -0.39 is 0 Å². The average Bonchev–Trinajstić information content (AvgIpc) is 2.38. The fourth-order valence-electron chi connectivity index (χ4n) is 2.49. The number of hydrogen-bond donors (Lipinski definition) is 2. The Bertz CT molecular complexity index is 369. The van der Waals surface area contributed by atoms with Crippen LogP contribution in [0.4, 0.5) is 5.82 Å². The van der Waals surface area contributed by atoms with Gasteiger partial charge in [-0.15, -0.1) is 0 Å². The molecule has 1 fully saturated rings. The average molecular weight is 235 g/mol. The van der Waals surface area contributed by atoms with Crippen molar-refractivity contribution in [2.75, 3.05) is 11.9 Å². The zero-order chi connectivity index (χ0) is 12.3. The molecule has 1 saturated carbocycles. The summed E-state index contributed by atoms with van der Waals surface area (Å²) < 4.78 is 0. The van der Waals surface area contributed by atoms with Crippen LogP contribution in [0.5, 0.6) is 0 Å². The summed E-state index contributed by atoms with van der Waals surface area (Å²) in [5.74, 6) is 0.902. The summed E-state index contributed by atoms with van der Waals surface area (Å²) in [6.45, 7) is 0.453. The molecule has 1 aromatic rings. The van der Waals surface area contributed by atoms with Crippen molar-refractivity contribution in [3.63, 3.8) is 0 Å². The first-order chi connectivity index (χ1) is 8.22. The summed E-state index contributed by atoms with van der Waals surface area (Å²) in [6, 6.07) is 6.05. The van der Waals surface area contributed by atoms with Gasteiger partial charge in [-0.25, -0.2) is 4.98 Å². The molecule has 3 N–H and O–H groups in total. The van der Waals surface area contributed by atoms with Gasteiger partial charge in [-0.3, -0.25) is 0 Å². The van der Waals surface area contributed by atoms with Gasteiger partial charge in [-0.05, 0) is 25.0 Å². The van der Waals surface area contributed by atoms with Crippen LogP contribution in [-0.2, 0) is 6.54 Å². The predicted octanol–water partition coefficient (Wildman–Crippen LogP) is 1.28. The molecule has 0 aromatic carbocycles. The molecule has 0 bridgehead atoms. The number of anilines is 1. The molecule has 4 heteroatoms. The molecule has 0 radical (unpaired) electrons. The number of rotatable bonds is 3. The van der Waals surface area contributed by atoms with Crippen molar-refractivity contribution in [3.8, 4) is 0 Å². The number of aliphatic hydroxyl groups is 1. The second-order valence-electron chi connectivity index (χ2n) is 4.72. The van der Waals surface area contributed by atoms with Crippen LogP contribution in [0, 0.1) is 0 Å². The molecule has 0 amide bonds. The third kappa shape index (κ3) is 2.76. The Balaban J connectivity index is 2.14.